The van der Waals surface area contributed by atoms with Gasteiger partial charge in [-0.1, -0.05) is 18.2 Å². The van der Waals surface area contributed by atoms with Crippen LogP contribution in [0.1, 0.15) is 5.56 Å². The largest absolute Gasteiger partial charge is 0.456 e. The third kappa shape index (κ3) is 2.02. The number of nitrogens with zero attached hydrogens (tertiary/aromatic N) is 4. The Bertz CT molecular complexity index is 966. The first-order chi connectivity index (χ1) is 10.3. The van der Waals surface area contributed by atoms with Crippen LogP contribution in [-0.4, -0.2) is 21.1 Å². The number of para-hydroxylation sites is 1. The van der Waals surface area contributed by atoms with Crippen LogP contribution < -0.4 is 5.73 Å². The van der Waals surface area contributed by atoms with Crippen LogP contribution in [0.2, 0.25) is 0 Å². The van der Waals surface area contributed by atoms with Crippen molar-refractivity contribution in [2.45, 2.75) is 0 Å². The van der Waals surface area contributed by atoms with E-state index in [1.807, 2.05) is 42.5 Å². The molecule has 0 aliphatic carbocycles. The summed E-state index contributed by atoms with van der Waals surface area (Å²) < 4.78 is 5.78. The molecule has 0 unspecified atom stereocenters. The van der Waals surface area contributed by atoms with Crippen LogP contribution in [0.25, 0.3) is 21.9 Å². The maximum absolute atomic E-state index is 5.78. The van der Waals surface area contributed by atoms with Gasteiger partial charge in [-0.05, 0) is 29.8 Å². The van der Waals surface area contributed by atoms with Crippen molar-refractivity contribution in [1.82, 2.24) is 14.9 Å². The number of nitrogen functional groups attached to an aromatic ring is 1. The molecule has 4 rings (SSSR count). The Morgan fingerprint density at radius 2 is 1.95 bits per heavy atom. The van der Waals surface area contributed by atoms with Gasteiger partial charge in [0.15, 0.2) is 0 Å². The highest BCUT2D eigenvalue weighted by atomic mass is 16.3. The van der Waals surface area contributed by atoms with E-state index in [0.29, 0.717) is 0 Å². The molecule has 0 aliphatic heterocycles. The Morgan fingerprint density at radius 3 is 2.81 bits per heavy atom. The van der Waals surface area contributed by atoms with Gasteiger partial charge in [-0.3, -0.25) is 0 Å². The van der Waals surface area contributed by atoms with Crippen LogP contribution in [0.4, 0.5) is 5.95 Å². The van der Waals surface area contributed by atoms with E-state index in [1.165, 1.54) is 11.1 Å². The fraction of sp³-hybridized carbons (Fsp3) is 0. The Hall–Kier alpha value is -3.15. The SMILES string of the molecule is Nc1ncn(/N=C\c2ccc3oc4ccccc4c3c2)n1. The van der Waals surface area contributed by atoms with Crippen LogP contribution in [-0.2, 0) is 0 Å². The van der Waals surface area contributed by atoms with Crippen molar-refractivity contribution in [2.24, 2.45) is 5.10 Å². The van der Waals surface area contributed by atoms with Gasteiger partial charge in [-0.15, -0.1) is 9.89 Å². The van der Waals surface area contributed by atoms with Gasteiger partial charge in [-0.25, -0.2) is 0 Å². The van der Waals surface area contributed by atoms with E-state index < -0.39 is 0 Å². The second kappa shape index (κ2) is 4.45. The minimum absolute atomic E-state index is 0.198. The summed E-state index contributed by atoms with van der Waals surface area (Å²) in [4.78, 5) is 5.14. The highest BCUT2D eigenvalue weighted by Gasteiger charge is 2.06. The monoisotopic (exact) mass is 277 g/mol. The van der Waals surface area contributed by atoms with E-state index in [0.717, 1.165) is 27.5 Å². The summed E-state index contributed by atoms with van der Waals surface area (Å²) in [6.45, 7) is 0. The second-order valence-electron chi connectivity index (χ2n) is 4.62. The molecule has 6 nitrogen and oxygen atoms in total. The van der Waals surface area contributed by atoms with Gasteiger partial charge in [0.2, 0.25) is 5.95 Å². The van der Waals surface area contributed by atoms with Crippen LogP contribution >= 0.6 is 0 Å². The lowest BCUT2D eigenvalue weighted by Gasteiger charge is -1.94. The van der Waals surface area contributed by atoms with Crippen molar-refractivity contribution in [1.29, 1.82) is 0 Å². The molecule has 2 aromatic carbocycles. The summed E-state index contributed by atoms with van der Waals surface area (Å²) in [5.41, 5.74) is 8.13. The molecular formula is C15H11N5O. The molecule has 2 N–H and O–H groups in total. The summed E-state index contributed by atoms with van der Waals surface area (Å²) in [6, 6.07) is 13.9. The molecule has 0 saturated carbocycles. The van der Waals surface area contributed by atoms with Crippen molar-refractivity contribution in [3.63, 3.8) is 0 Å². The lowest BCUT2D eigenvalue weighted by molar-refractivity contribution is 0.669. The van der Waals surface area contributed by atoms with Gasteiger partial charge >= 0.3 is 0 Å². The number of anilines is 1. The molecule has 0 bridgehead atoms. The molecule has 2 aromatic heterocycles. The third-order valence-electron chi connectivity index (χ3n) is 3.22. The van der Waals surface area contributed by atoms with E-state index in [2.05, 4.69) is 15.2 Å². The topological polar surface area (TPSA) is 82.2 Å². The van der Waals surface area contributed by atoms with Crippen LogP contribution in [0, 0.1) is 0 Å². The fourth-order valence-corrected chi connectivity index (χ4v) is 2.27. The average Bonchev–Trinajstić information content (AvgIpc) is 3.08. The Balaban J connectivity index is 1.79. The van der Waals surface area contributed by atoms with Gasteiger partial charge in [0.05, 0.1) is 6.21 Å². The van der Waals surface area contributed by atoms with Gasteiger partial charge in [0, 0.05) is 10.8 Å². The molecule has 102 valence electrons. The molecule has 0 amide bonds. The molecule has 0 fully saturated rings. The molecular weight excluding hydrogens is 266 g/mol. The number of nitrogens with two attached hydrogens (primary N) is 1. The molecule has 2 heterocycles. The molecule has 0 saturated heterocycles. The molecule has 0 atom stereocenters. The van der Waals surface area contributed by atoms with Crippen LogP contribution in [0.5, 0.6) is 0 Å². The maximum Gasteiger partial charge on any atom is 0.241 e. The minimum atomic E-state index is 0.198. The Morgan fingerprint density at radius 1 is 1.10 bits per heavy atom. The van der Waals surface area contributed by atoms with Crippen molar-refractivity contribution in [3.05, 3.63) is 54.4 Å². The number of aromatic nitrogens is 3. The number of hydrogen-bond acceptors (Lipinski definition) is 5. The summed E-state index contributed by atoms with van der Waals surface area (Å²) in [7, 11) is 0. The second-order valence-corrected chi connectivity index (χ2v) is 4.62. The first-order valence-corrected chi connectivity index (χ1v) is 6.42. The van der Waals surface area contributed by atoms with Crippen molar-refractivity contribution in [3.8, 4) is 0 Å². The molecule has 0 radical (unpaired) electrons. The zero-order chi connectivity index (χ0) is 14.2. The first kappa shape index (κ1) is 11.7. The number of hydrogen-bond donors (Lipinski definition) is 1. The normalized spacial score (nSPS) is 11.8. The molecule has 0 spiro atoms. The van der Waals surface area contributed by atoms with Gasteiger partial charge in [0.1, 0.15) is 17.5 Å². The predicted octanol–water partition coefficient (Wildman–Crippen LogP) is 2.64. The average molecular weight is 277 g/mol. The summed E-state index contributed by atoms with van der Waals surface area (Å²) in [5.74, 6) is 0.198. The minimum Gasteiger partial charge on any atom is -0.456 e. The lowest BCUT2D eigenvalue weighted by atomic mass is 10.1. The molecule has 21 heavy (non-hydrogen) atoms. The summed E-state index contributed by atoms with van der Waals surface area (Å²) in [6.07, 6.45) is 3.16. The van der Waals surface area contributed by atoms with E-state index >= 15 is 0 Å². The summed E-state index contributed by atoms with van der Waals surface area (Å²) >= 11 is 0. The fourth-order valence-electron chi connectivity index (χ4n) is 2.27. The number of furan rings is 1. The molecule has 4 aromatic rings. The standard InChI is InChI=1S/C15H11N5O/c16-15-17-9-20(19-15)18-8-10-5-6-14-12(7-10)11-3-1-2-4-13(11)21-14/h1-9H,(H2,16,19)/b18-8-. The van der Waals surface area contributed by atoms with Crippen molar-refractivity contribution < 1.29 is 4.42 Å². The van der Waals surface area contributed by atoms with Crippen LogP contribution in [0.3, 0.4) is 0 Å². The molecule has 6 heteroatoms. The number of rotatable bonds is 2. The first-order valence-electron chi connectivity index (χ1n) is 6.42. The van der Waals surface area contributed by atoms with Gasteiger partial charge < -0.3 is 10.2 Å². The van der Waals surface area contributed by atoms with Gasteiger partial charge in [-0.2, -0.15) is 10.1 Å². The smallest absolute Gasteiger partial charge is 0.241 e. The third-order valence-corrected chi connectivity index (χ3v) is 3.22. The Labute approximate surface area is 119 Å². The number of fused-ring (bicyclic) bond motifs is 3. The van der Waals surface area contributed by atoms with Crippen LogP contribution in [0.15, 0.2) is 58.3 Å². The van der Waals surface area contributed by atoms with Crippen molar-refractivity contribution in [2.75, 3.05) is 5.73 Å². The zero-order valence-corrected chi connectivity index (χ0v) is 11.0. The Kier molecular flexibility index (Phi) is 2.47. The van der Waals surface area contributed by atoms with E-state index in [4.69, 9.17) is 10.2 Å². The van der Waals surface area contributed by atoms with E-state index in [9.17, 15) is 0 Å². The zero-order valence-electron chi connectivity index (χ0n) is 11.0. The molecule has 0 aliphatic rings. The van der Waals surface area contributed by atoms with E-state index in [1.54, 1.807) is 6.21 Å². The summed E-state index contributed by atoms with van der Waals surface area (Å²) in [5, 5.41) is 10.2. The lowest BCUT2D eigenvalue weighted by Crippen LogP contribution is -1.93. The maximum atomic E-state index is 5.78. The van der Waals surface area contributed by atoms with E-state index in [-0.39, 0.29) is 5.95 Å². The van der Waals surface area contributed by atoms with Gasteiger partial charge in [0.25, 0.3) is 0 Å². The van der Waals surface area contributed by atoms with Crippen molar-refractivity contribution >= 4 is 34.1 Å². The highest BCUT2D eigenvalue weighted by Crippen LogP contribution is 2.28. The predicted molar refractivity (Wildman–Crippen MR) is 81.1 cm³/mol. The quantitative estimate of drug-likeness (QED) is 0.571. The highest BCUT2D eigenvalue weighted by molar-refractivity contribution is 6.06. The number of benzene rings is 2.